The second-order valence-electron chi connectivity index (χ2n) is 11.1. The summed E-state index contributed by atoms with van der Waals surface area (Å²) in [7, 11) is 4.61. The number of rotatable bonds is 6. The molecule has 7 N–H and O–H groups in total. The molecule has 0 aromatic heterocycles. The van der Waals surface area contributed by atoms with Crippen LogP contribution in [0.1, 0.15) is 33.5 Å². The molecule has 4 unspecified atom stereocenters. The normalized spacial score (nSPS) is 25.5. The smallest absolute Gasteiger partial charge is 0.255 e. The minimum Gasteiger partial charge on any atom is -0.510 e. The van der Waals surface area contributed by atoms with Gasteiger partial charge in [-0.25, -0.2) is 0 Å². The van der Waals surface area contributed by atoms with E-state index >= 15 is 0 Å². The Balaban J connectivity index is 1.58. The van der Waals surface area contributed by atoms with Gasteiger partial charge in [-0.05, 0) is 62.5 Å². The minimum atomic E-state index is -2.68. The first-order chi connectivity index (χ1) is 19.8. The number of ketones is 2. The maximum Gasteiger partial charge on any atom is 0.255 e. The largest absolute Gasteiger partial charge is 0.510 e. The Labute approximate surface area is 241 Å². The Morgan fingerprint density at radius 1 is 1.14 bits per heavy atom. The van der Waals surface area contributed by atoms with Crippen molar-refractivity contribution in [2.45, 2.75) is 30.9 Å². The van der Waals surface area contributed by atoms with Gasteiger partial charge in [0.25, 0.3) is 5.91 Å². The number of phenols is 2. The topological polar surface area (TPSA) is 191 Å². The van der Waals surface area contributed by atoms with Crippen molar-refractivity contribution in [2.75, 3.05) is 21.2 Å². The summed E-state index contributed by atoms with van der Waals surface area (Å²) >= 11 is 0. The average Bonchev–Trinajstić information content (AvgIpc) is 2.92. The number of allylic oxidation sites excluding steroid dienone is 2. The van der Waals surface area contributed by atoms with Crippen LogP contribution in [-0.4, -0.2) is 80.8 Å². The zero-order valence-corrected chi connectivity index (χ0v) is 23.3. The standard InChI is InChI=1S/C31H32N2O9/c1-33(2)24-18-13-16-12-17-14(6-4-7-15-8-5-9-20(42-3)25(15)35)10-11-19(34)22(17)26(36)21(16)28(38)31(18,41)29(39)23(27(24)37)30(32)40/h4-6,8-11,16,18,24,34-35,37-38,41H,7,12-13H2,1-3H3,(H2,32,40)/b6-4-. The van der Waals surface area contributed by atoms with Crippen LogP contribution in [0.15, 0.2) is 59.1 Å². The number of amides is 1. The number of methoxy groups -OCH3 is 1. The van der Waals surface area contributed by atoms with Crippen LogP contribution in [0, 0.1) is 11.8 Å². The highest BCUT2D eigenvalue weighted by Gasteiger charge is 2.63. The highest BCUT2D eigenvalue weighted by Crippen LogP contribution is 2.52. The van der Waals surface area contributed by atoms with E-state index in [1.807, 2.05) is 0 Å². The lowest BCUT2D eigenvalue weighted by Gasteiger charge is -2.50. The Hall–Kier alpha value is -4.61. The number of para-hydroxylation sites is 1. The maximum absolute atomic E-state index is 13.8. The van der Waals surface area contributed by atoms with Crippen molar-refractivity contribution in [3.8, 4) is 17.2 Å². The molecule has 220 valence electrons. The molecule has 1 amide bonds. The second kappa shape index (κ2) is 10.3. The molecule has 0 aliphatic heterocycles. The fraction of sp³-hybridized carbons (Fsp3) is 0.323. The highest BCUT2D eigenvalue weighted by molar-refractivity contribution is 6.24. The van der Waals surface area contributed by atoms with Gasteiger partial charge in [0.2, 0.25) is 5.78 Å². The first kappa shape index (κ1) is 28.9. The van der Waals surface area contributed by atoms with E-state index < -0.39 is 58.0 Å². The summed E-state index contributed by atoms with van der Waals surface area (Å²) in [4.78, 5) is 40.8. The van der Waals surface area contributed by atoms with Gasteiger partial charge < -0.3 is 36.0 Å². The number of aliphatic hydroxyl groups is 3. The van der Waals surface area contributed by atoms with Gasteiger partial charge in [0.1, 0.15) is 22.8 Å². The number of nitrogens with zero attached hydrogens (tertiary/aromatic N) is 1. The number of aromatic hydroxyl groups is 2. The summed E-state index contributed by atoms with van der Waals surface area (Å²) in [6.45, 7) is 0. The zero-order chi connectivity index (χ0) is 30.7. The molecule has 0 saturated carbocycles. The molecule has 2 aromatic carbocycles. The van der Waals surface area contributed by atoms with Crippen LogP contribution >= 0.6 is 0 Å². The lowest BCUT2D eigenvalue weighted by Crippen LogP contribution is -2.63. The molecule has 4 atom stereocenters. The Morgan fingerprint density at radius 2 is 1.86 bits per heavy atom. The van der Waals surface area contributed by atoms with Crippen molar-refractivity contribution in [1.29, 1.82) is 0 Å². The number of hydrogen-bond donors (Lipinski definition) is 6. The summed E-state index contributed by atoms with van der Waals surface area (Å²) in [6, 6.07) is 7.08. The predicted molar refractivity (Wildman–Crippen MR) is 151 cm³/mol. The maximum atomic E-state index is 13.8. The van der Waals surface area contributed by atoms with Gasteiger partial charge in [0, 0.05) is 17.1 Å². The van der Waals surface area contributed by atoms with Crippen molar-refractivity contribution in [3.05, 3.63) is 81.3 Å². The first-order valence-electron chi connectivity index (χ1n) is 13.4. The Kier molecular flexibility index (Phi) is 7.12. The van der Waals surface area contributed by atoms with Crippen LogP contribution in [0.25, 0.3) is 6.08 Å². The van der Waals surface area contributed by atoms with Crippen molar-refractivity contribution in [2.24, 2.45) is 17.6 Å². The molecule has 0 fully saturated rings. The van der Waals surface area contributed by atoms with Gasteiger partial charge in [-0.15, -0.1) is 0 Å². The SMILES string of the molecule is COc1cccc(C/C=C\c2ccc(O)c3c2CC2CC4C(N(C)C)C(O)=C(C(N)=O)C(=O)C4(O)C(O)=C2C3=O)c1O. The first-order valence-corrected chi connectivity index (χ1v) is 13.4. The molecule has 42 heavy (non-hydrogen) atoms. The number of carbonyl (C=O) groups is 3. The van der Waals surface area contributed by atoms with Crippen LogP contribution in [0.5, 0.6) is 17.2 Å². The Bertz CT molecular complexity index is 1620. The van der Waals surface area contributed by atoms with Crippen molar-refractivity contribution in [3.63, 3.8) is 0 Å². The van der Waals surface area contributed by atoms with Gasteiger partial charge in [-0.2, -0.15) is 0 Å². The number of likely N-dealkylation sites (N-methyl/N-ethyl adjacent to an activating group) is 1. The number of ether oxygens (including phenoxy) is 1. The third kappa shape index (κ3) is 4.15. The third-order valence-electron chi connectivity index (χ3n) is 8.58. The lowest BCUT2D eigenvalue weighted by atomic mass is 9.58. The zero-order valence-electron chi connectivity index (χ0n) is 23.3. The number of benzene rings is 2. The molecule has 11 heteroatoms. The van der Waals surface area contributed by atoms with Gasteiger partial charge in [-0.3, -0.25) is 19.3 Å². The van der Waals surface area contributed by atoms with E-state index in [2.05, 4.69) is 0 Å². The van der Waals surface area contributed by atoms with Gasteiger partial charge in [0.15, 0.2) is 22.9 Å². The van der Waals surface area contributed by atoms with E-state index in [-0.39, 0.29) is 35.5 Å². The summed E-state index contributed by atoms with van der Waals surface area (Å²) in [5.74, 6) is -6.58. The van der Waals surface area contributed by atoms with Crippen LogP contribution in [-0.2, 0) is 22.4 Å². The lowest BCUT2D eigenvalue weighted by molar-refractivity contribution is -0.148. The number of nitrogens with two attached hydrogens (primary N) is 1. The molecule has 0 saturated heterocycles. The van der Waals surface area contributed by atoms with Gasteiger partial charge in [-0.1, -0.05) is 30.4 Å². The Morgan fingerprint density at radius 3 is 2.50 bits per heavy atom. The van der Waals surface area contributed by atoms with Gasteiger partial charge >= 0.3 is 0 Å². The van der Waals surface area contributed by atoms with E-state index in [1.165, 1.54) is 18.1 Å². The van der Waals surface area contributed by atoms with Gasteiger partial charge in [0.05, 0.1) is 18.7 Å². The van der Waals surface area contributed by atoms with Crippen molar-refractivity contribution < 1.29 is 44.7 Å². The number of phenolic OH excluding ortho intramolecular Hbond substituents is 2. The van der Waals surface area contributed by atoms with Crippen LogP contribution < -0.4 is 10.5 Å². The summed E-state index contributed by atoms with van der Waals surface area (Å²) in [6.07, 6.45) is 4.08. The monoisotopic (exact) mass is 576 g/mol. The second-order valence-corrected chi connectivity index (χ2v) is 11.1. The van der Waals surface area contributed by atoms with Crippen LogP contribution in [0.2, 0.25) is 0 Å². The molecule has 5 rings (SSSR count). The van der Waals surface area contributed by atoms with Crippen LogP contribution in [0.4, 0.5) is 0 Å². The molecule has 0 bridgehead atoms. The van der Waals surface area contributed by atoms with Crippen LogP contribution in [0.3, 0.4) is 0 Å². The quantitative estimate of drug-likeness (QED) is 0.278. The summed E-state index contributed by atoms with van der Waals surface area (Å²) < 4.78 is 5.16. The molecule has 3 aliphatic rings. The van der Waals surface area contributed by atoms with E-state index in [1.54, 1.807) is 50.5 Å². The number of Topliss-reactive ketones (excluding diaryl/α,β-unsaturated/α-hetero) is 2. The highest BCUT2D eigenvalue weighted by atomic mass is 16.5. The molecular formula is C31H32N2O9. The van der Waals surface area contributed by atoms with E-state index in [0.29, 0.717) is 28.9 Å². The van der Waals surface area contributed by atoms with E-state index in [9.17, 15) is 39.9 Å². The molecule has 3 aliphatic carbocycles. The summed E-state index contributed by atoms with van der Waals surface area (Å²) in [5, 5.41) is 55.1. The van der Waals surface area contributed by atoms with Crippen molar-refractivity contribution in [1.82, 2.24) is 4.90 Å². The number of hydrogen-bond acceptors (Lipinski definition) is 10. The van der Waals surface area contributed by atoms with E-state index in [4.69, 9.17) is 10.5 Å². The number of carbonyl (C=O) groups excluding carboxylic acids is 3. The van der Waals surface area contributed by atoms with E-state index in [0.717, 1.165) is 0 Å². The third-order valence-corrected chi connectivity index (χ3v) is 8.58. The fourth-order valence-corrected chi connectivity index (χ4v) is 6.64. The minimum absolute atomic E-state index is 0.00224. The fourth-order valence-electron chi connectivity index (χ4n) is 6.64. The number of primary amides is 1. The molecule has 0 heterocycles. The predicted octanol–water partition coefficient (Wildman–Crippen LogP) is 2.09. The molecule has 0 spiro atoms. The number of aliphatic hydroxyl groups excluding tert-OH is 2. The summed E-state index contributed by atoms with van der Waals surface area (Å²) in [5.41, 5.74) is 3.31. The number of fused-ring (bicyclic) bond motifs is 3. The molecule has 11 nitrogen and oxygen atoms in total. The molecular weight excluding hydrogens is 544 g/mol. The van der Waals surface area contributed by atoms with Crippen molar-refractivity contribution >= 4 is 23.5 Å². The molecule has 0 radical (unpaired) electrons. The molecule has 2 aromatic rings. The average molecular weight is 577 g/mol.